The van der Waals surface area contributed by atoms with Crippen LogP contribution < -0.4 is 0 Å². The van der Waals surface area contributed by atoms with Crippen molar-refractivity contribution in [2.24, 2.45) is 0 Å². The van der Waals surface area contributed by atoms with Crippen molar-refractivity contribution in [3.63, 3.8) is 0 Å². The van der Waals surface area contributed by atoms with Gasteiger partial charge in [0, 0.05) is 13.0 Å². The summed E-state index contributed by atoms with van der Waals surface area (Å²) in [5, 5.41) is 8.36. The number of hydrogen-bond donors (Lipinski definition) is 1. The van der Waals surface area contributed by atoms with Crippen LogP contribution in [-0.2, 0) is 19.1 Å². The van der Waals surface area contributed by atoms with Crippen LogP contribution in [0, 0.1) is 0 Å². The highest BCUT2D eigenvalue weighted by Crippen LogP contribution is 1.84. The highest BCUT2D eigenvalue weighted by molar-refractivity contribution is 5.81. The van der Waals surface area contributed by atoms with Crippen LogP contribution in [0.25, 0.3) is 0 Å². The number of aliphatic hydroxyl groups is 1. The molecule has 0 amide bonds. The number of esters is 2. The van der Waals surface area contributed by atoms with Gasteiger partial charge in [0.15, 0.2) is 6.29 Å². The number of hydrogen-bond acceptors (Lipinski definition) is 5. The van der Waals surface area contributed by atoms with E-state index in [0.29, 0.717) is 0 Å². The van der Waals surface area contributed by atoms with E-state index in [4.69, 9.17) is 5.11 Å². The topological polar surface area (TPSA) is 72.8 Å². The lowest BCUT2D eigenvalue weighted by Crippen LogP contribution is -2.10. The first-order chi connectivity index (χ1) is 7.43. The van der Waals surface area contributed by atoms with Crippen LogP contribution in [0.4, 0.5) is 0 Å². The van der Waals surface area contributed by atoms with Gasteiger partial charge in [0.2, 0.25) is 0 Å². The molecule has 0 aliphatic rings. The van der Waals surface area contributed by atoms with Gasteiger partial charge >= 0.3 is 11.9 Å². The Labute approximate surface area is 95.7 Å². The van der Waals surface area contributed by atoms with Crippen molar-refractivity contribution >= 4 is 11.9 Å². The van der Waals surface area contributed by atoms with Gasteiger partial charge in [-0.25, -0.2) is 4.79 Å². The lowest BCUT2D eigenvalue weighted by Gasteiger charge is -2.01. The summed E-state index contributed by atoms with van der Waals surface area (Å²) in [6, 6.07) is 0. The van der Waals surface area contributed by atoms with E-state index in [1.807, 2.05) is 0 Å². The summed E-state index contributed by atoms with van der Waals surface area (Å²) in [5.74, 6) is -0.940. The third kappa shape index (κ3) is 29.6. The van der Waals surface area contributed by atoms with Gasteiger partial charge < -0.3 is 14.6 Å². The minimum Gasteiger partial charge on any atom is -0.435 e. The maximum Gasteiger partial charge on any atom is 0.332 e. The van der Waals surface area contributed by atoms with Gasteiger partial charge in [-0.1, -0.05) is 13.2 Å². The number of carbonyl (C=O) groups is 2. The number of aliphatic hydroxyl groups excluding tert-OH is 1. The molecule has 0 saturated heterocycles. The second-order valence-corrected chi connectivity index (χ2v) is 2.02. The summed E-state index contributed by atoms with van der Waals surface area (Å²) in [6.07, 6.45) is 1.05. The lowest BCUT2D eigenvalue weighted by molar-refractivity contribution is -0.158. The van der Waals surface area contributed by atoms with Crippen molar-refractivity contribution in [3.05, 3.63) is 38.7 Å². The van der Waals surface area contributed by atoms with Gasteiger partial charge in [-0.2, -0.15) is 0 Å². The summed E-state index contributed by atoms with van der Waals surface area (Å²) < 4.78 is 8.36. The van der Waals surface area contributed by atoms with E-state index in [2.05, 4.69) is 35.8 Å². The van der Waals surface area contributed by atoms with Crippen LogP contribution >= 0.6 is 0 Å². The average Bonchev–Trinajstić information content (AvgIpc) is 2.20. The van der Waals surface area contributed by atoms with E-state index < -0.39 is 12.3 Å². The van der Waals surface area contributed by atoms with Crippen molar-refractivity contribution in [3.8, 4) is 0 Å². The summed E-state index contributed by atoms with van der Waals surface area (Å²) in [6.45, 7) is 15.0. The van der Waals surface area contributed by atoms with Crippen LogP contribution in [0.2, 0.25) is 0 Å². The monoisotopic (exact) mass is 230 g/mol. The van der Waals surface area contributed by atoms with Crippen LogP contribution in [0.3, 0.4) is 0 Å². The Morgan fingerprint density at radius 1 is 1.31 bits per heavy atom. The molecule has 0 aliphatic heterocycles. The van der Waals surface area contributed by atoms with Gasteiger partial charge in [0.25, 0.3) is 0 Å². The Kier molecular flexibility index (Phi) is 19.1. The zero-order valence-corrected chi connectivity index (χ0v) is 9.64. The first-order valence-electron chi connectivity index (χ1n) is 4.23. The molecule has 5 heteroatoms. The molecule has 1 unspecified atom stereocenters. The predicted molar refractivity (Wildman–Crippen MR) is 61.2 cm³/mol. The second-order valence-electron chi connectivity index (χ2n) is 2.02. The van der Waals surface area contributed by atoms with Crippen molar-refractivity contribution in [1.82, 2.24) is 0 Å². The summed E-state index contributed by atoms with van der Waals surface area (Å²) in [4.78, 5) is 19.9. The first kappa shape index (κ1) is 19.7. The highest BCUT2D eigenvalue weighted by atomic mass is 16.6. The zero-order chi connectivity index (χ0) is 13.6. The molecule has 0 heterocycles. The van der Waals surface area contributed by atoms with Crippen LogP contribution in [-0.4, -0.2) is 23.3 Å². The molecule has 0 fully saturated rings. The number of rotatable bonds is 3. The molecule has 1 N–H and O–H groups in total. The molecule has 5 nitrogen and oxygen atoms in total. The minimum atomic E-state index is -1.04. The van der Waals surface area contributed by atoms with E-state index in [1.54, 1.807) is 0 Å². The fourth-order valence-electron chi connectivity index (χ4n) is 0.334. The van der Waals surface area contributed by atoms with E-state index in [0.717, 1.165) is 12.3 Å². The smallest absolute Gasteiger partial charge is 0.332 e. The molecule has 16 heavy (non-hydrogen) atoms. The molecule has 0 rings (SSSR count). The van der Waals surface area contributed by atoms with Crippen molar-refractivity contribution in [2.75, 3.05) is 0 Å². The van der Waals surface area contributed by atoms with Gasteiger partial charge in [-0.15, -0.1) is 13.2 Å². The van der Waals surface area contributed by atoms with E-state index >= 15 is 0 Å². The molecule has 0 spiro atoms. The largest absolute Gasteiger partial charge is 0.435 e. The molecule has 0 aliphatic carbocycles. The first-order valence-corrected chi connectivity index (χ1v) is 4.23. The van der Waals surface area contributed by atoms with E-state index in [9.17, 15) is 9.59 Å². The molecule has 0 aromatic heterocycles. The van der Waals surface area contributed by atoms with Crippen molar-refractivity contribution in [1.29, 1.82) is 0 Å². The Balaban J connectivity index is -0.000000188. The standard InChI is InChI=1S/C5H8O3.C4H6O2.C2H4/c1-3-5(7)8-4(2)6;1-3-6-4(2)5;1-2/h3-4,6H,1H2,2H3;3H,1H2,2H3;1-2H2. The maximum atomic E-state index is 10.1. The molecule has 0 aromatic rings. The molecular formula is C11H18O5. The Hall–Kier alpha value is -1.88. The van der Waals surface area contributed by atoms with Crippen molar-refractivity contribution in [2.45, 2.75) is 20.1 Å². The zero-order valence-electron chi connectivity index (χ0n) is 9.64. The van der Waals surface area contributed by atoms with Crippen LogP contribution in [0.5, 0.6) is 0 Å². The van der Waals surface area contributed by atoms with Crippen LogP contribution in [0.15, 0.2) is 38.7 Å². The number of carbonyl (C=O) groups excluding carboxylic acids is 2. The molecule has 0 saturated carbocycles. The van der Waals surface area contributed by atoms with Gasteiger partial charge in [0.05, 0.1) is 6.26 Å². The van der Waals surface area contributed by atoms with Crippen molar-refractivity contribution < 1.29 is 24.2 Å². The summed E-state index contributed by atoms with van der Waals surface area (Å²) >= 11 is 0. The predicted octanol–water partition coefficient (Wildman–Crippen LogP) is 1.55. The van der Waals surface area contributed by atoms with E-state index in [1.165, 1.54) is 13.8 Å². The third-order valence-corrected chi connectivity index (χ3v) is 0.703. The fraction of sp³-hybridized carbons (Fsp3) is 0.273. The maximum absolute atomic E-state index is 10.1. The molecule has 0 radical (unpaired) electrons. The highest BCUT2D eigenvalue weighted by Gasteiger charge is 1.97. The summed E-state index contributed by atoms with van der Waals surface area (Å²) in [7, 11) is 0. The van der Waals surface area contributed by atoms with Gasteiger partial charge in [-0.05, 0) is 6.92 Å². The van der Waals surface area contributed by atoms with E-state index in [-0.39, 0.29) is 5.97 Å². The fourth-order valence-corrected chi connectivity index (χ4v) is 0.334. The second kappa shape index (κ2) is 15.6. The third-order valence-electron chi connectivity index (χ3n) is 0.703. The molecule has 0 aromatic carbocycles. The van der Waals surface area contributed by atoms with Crippen LogP contribution in [0.1, 0.15) is 13.8 Å². The Morgan fingerprint density at radius 2 is 1.75 bits per heavy atom. The molecule has 92 valence electrons. The number of ether oxygens (including phenoxy) is 2. The Morgan fingerprint density at radius 3 is 1.81 bits per heavy atom. The average molecular weight is 230 g/mol. The van der Waals surface area contributed by atoms with Gasteiger partial charge in [-0.3, -0.25) is 4.79 Å². The molecule has 1 atom stereocenters. The quantitative estimate of drug-likeness (QED) is 0.262. The summed E-state index contributed by atoms with van der Waals surface area (Å²) in [5.41, 5.74) is 0. The van der Waals surface area contributed by atoms with Gasteiger partial charge in [0.1, 0.15) is 0 Å². The Bertz CT molecular complexity index is 220. The SMILES string of the molecule is C=C.C=CC(=O)OC(C)O.C=COC(C)=O. The normalized spacial score (nSPS) is 8.94. The minimum absolute atomic E-state index is 0.329. The lowest BCUT2D eigenvalue weighted by atomic mass is 10.6. The molecule has 0 bridgehead atoms. The molecular weight excluding hydrogens is 212 g/mol.